The maximum Gasteiger partial charge on any atom is 0.0637 e. The molecule has 2 aliphatic heterocycles. The Morgan fingerprint density at radius 2 is 2.33 bits per heavy atom. The molecule has 2 aliphatic rings. The van der Waals surface area contributed by atoms with E-state index < -0.39 is 0 Å². The molecule has 100 valence electrons. The molecular weight excluding hydrogens is 224 g/mol. The Morgan fingerprint density at radius 1 is 1.39 bits per heavy atom. The Kier molecular flexibility index (Phi) is 3.66. The van der Waals surface area contributed by atoms with Gasteiger partial charge in [-0.25, -0.2) is 0 Å². The van der Waals surface area contributed by atoms with Crippen molar-refractivity contribution in [3.05, 3.63) is 18.0 Å². The van der Waals surface area contributed by atoms with E-state index in [1.165, 1.54) is 44.5 Å². The second-order valence-corrected chi connectivity index (χ2v) is 5.74. The summed E-state index contributed by atoms with van der Waals surface area (Å²) in [4.78, 5) is 2.68. The average molecular weight is 248 g/mol. The summed E-state index contributed by atoms with van der Waals surface area (Å²) >= 11 is 0. The van der Waals surface area contributed by atoms with Crippen molar-refractivity contribution >= 4 is 0 Å². The lowest BCUT2D eigenvalue weighted by Crippen LogP contribution is -2.46. The maximum absolute atomic E-state index is 4.41. The van der Waals surface area contributed by atoms with E-state index in [2.05, 4.69) is 21.4 Å². The monoisotopic (exact) mass is 248 g/mol. The van der Waals surface area contributed by atoms with Crippen LogP contribution >= 0.6 is 0 Å². The molecule has 2 unspecified atom stereocenters. The minimum Gasteiger partial charge on any atom is -0.313 e. The molecule has 3 heterocycles. The maximum atomic E-state index is 4.41. The van der Waals surface area contributed by atoms with Gasteiger partial charge in [-0.15, -0.1) is 0 Å². The van der Waals surface area contributed by atoms with Crippen LogP contribution in [0.3, 0.4) is 0 Å². The van der Waals surface area contributed by atoms with E-state index in [4.69, 9.17) is 0 Å². The minimum atomic E-state index is 0.730. The molecular formula is C14H24N4. The van der Waals surface area contributed by atoms with Gasteiger partial charge in [0.25, 0.3) is 0 Å². The Bertz CT molecular complexity index is 387. The van der Waals surface area contributed by atoms with Gasteiger partial charge in [0.15, 0.2) is 0 Å². The number of piperidine rings is 1. The van der Waals surface area contributed by atoms with Gasteiger partial charge in [0, 0.05) is 38.3 Å². The van der Waals surface area contributed by atoms with E-state index in [1.807, 2.05) is 17.9 Å². The minimum absolute atomic E-state index is 0.730. The largest absolute Gasteiger partial charge is 0.313 e. The van der Waals surface area contributed by atoms with Gasteiger partial charge in [-0.3, -0.25) is 4.68 Å². The third-order valence-electron chi connectivity index (χ3n) is 4.40. The molecule has 0 bridgehead atoms. The fourth-order valence-corrected chi connectivity index (χ4v) is 3.41. The highest BCUT2D eigenvalue weighted by Crippen LogP contribution is 2.26. The first-order chi connectivity index (χ1) is 8.81. The fraction of sp³-hybridized carbons (Fsp3) is 0.786. The van der Waals surface area contributed by atoms with Crippen molar-refractivity contribution in [2.75, 3.05) is 19.6 Å². The number of nitrogens with one attached hydrogen (secondary N) is 1. The highest BCUT2D eigenvalue weighted by molar-refractivity contribution is 4.99. The first-order valence-corrected chi connectivity index (χ1v) is 7.27. The van der Waals surface area contributed by atoms with Gasteiger partial charge in [0.05, 0.1) is 5.69 Å². The number of hydrogen-bond donors (Lipinski definition) is 1. The predicted molar refractivity (Wildman–Crippen MR) is 72.5 cm³/mol. The van der Waals surface area contributed by atoms with E-state index in [0.29, 0.717) is 0 Å². The van der Waals surface area contributed by atoms with Crippen LogP contribution in [-0.2, 0) is 13.5 Å². The predicted octanol–water partition coefficient (Wildman–Crippen LogP) is 1.18. The molecule has 3 rings (SSSR count). The molecule has 4 heteroatoms. The molecule has 1 N–H and O–H groups in total. The molecule has 2 atom stereocenters. The summed E-state index contributed by atoms with van der Waals surface area (Å²) in [5, 5.41) is 8.13. The molecule has 1 aromatic heterocycles. The second kappa shape index (κ2) is 5.41. The summed E-state index contributed by atoms with van der Waals surface area (Å²) in [5.74, 6) is 0. The molecule has 2 saturated heterocycles. The van der Waals surface area contributed by atoms with Gasteiger partial charge >= 0.3 is 0 Å². The van der Waals surface area contributed by atoms with Crippen LogP contribution in [0.4, 0.5) is 0 Å². The van der Waals surface area contributed by atoms with Gasteiger partial charge in [0.1, 0.15) is 0 Å². The molecule has 0 amide bonds. The van der Waals surface area contributed by atoms with E-state index in [1.54, 1.807) is 0 Å². The molecule has 0 aromatic carbocycles. The number of rotatable bonds is 4. The van der Waals surface area contributed by atoms with E-state index in [9.17, 15) is 0 Å². The molecule has 1 aromatic rings. The van der Waals surface area contributed by atoms with Gasteiger partial charge < -0.3 is 10.2 Å². The van der Waals surface area contributed by atoms with Gasteiger partial charge in [-0.2, -0.15) is 5.10 Å². The normalized spacial score (nSPS) is 28.5. The Labute approximate surface area is 109 Å². The highest BCUT2D eigenvalue weighted by Gasteiger charge is 2.31. The summed E-state index contributed by atoms with van der Waals surface area (Å²) in [6.07, 6.45) is 8.56. The lowest BCUT2D eigenvalue weighted by molar-refractivity contribution is 0.167. The van der Waals surface area contributed by atoms with Crippen LogP contribution in [-0.4, -0.2) is 46.4 Å². The topological polar surface area (TPSA) is 33.1 Å². The SMILES string of the molecule is Cn1ccc(CCNC2CCN3CCCC3C2)n1. The van der Waals surface area contributed by atoms with Crippen LogP contribution in [0.1, 0.15) is 31.4 Å². The molecule has 2 fully saturated rings. The molecule has 18 heavy (non-hydrogen) atoms. The Balaban J connectivity index is 1.41. The summed E-state index contributed by atoms with van der Waals surface area (Å²) in [7, 11) is 1.98. The van der Waals surface area contributed by atoms with E-state index >= 15 is 0 Å². The van der Waals surface area contributed by atoms with Crippen LogP contribution < -0.4 is 5.32 Å². The van der Waals surface area contributed by atoms with Crippen molar-refractivity contribution in [1.29, 1.82) is 0 Å². The first kappa shape index (κ1) is 12.2. The summed E-state index contributed by atoms with van der Waals surface area (Å²) < 4.78 is 1.88. The number of hydrogen-bond acceptors (Lipinski definition) is 3. The van der Waals surface area contributed by atoms with Gasteiger partial charge in [0.2, 0.25) is 0 Å². The Morgan fingerprint density at radius 3 is 3.17 bits per heavy atom. The molecule has 0 radical (unpaired) electrons. The fourth-order valence-electron chi connectivity index (χ4n) is 3.41. The van der Waals surface area contributed by atoms with Crippen molar-refractivity contribution < 1.29 is 0 Å². The average Bonchev–Trinajstić information content (AvgIpc) is 2.97. The van der Waals surface area contributed by atoms with Crippen LogP contribution in [0, 0.1) is 0 Å². The smallest absolute Gasteiger partial charge is 0.0637 e. The van der Waals surface area contributed by atoms with Crippen molar-refractivity contribution in [1.82, 2.24) is 20.0 Å². The number of nitrogens with zero attached hydrogens (tertiary/aromatic N) is 3. The first-order valence-electron chi connectivity index (χ1n) is 7.27. The number of aromatic nitrogens is 2. The third kappa shape index (κ3) is 2.75. The van der Waals surface area contributed by atoms with Crippen LogP contribution in [0.15, 0.2) is 12.3 Å². The van der Waals surface area contributed by atoms with Crippen LogP contribution in [0.2, 0.25) is 0 Å². The van der Waals surface area contributed by atoms with Crippen LogP contribution in [0.5, 0.6) is 0 Å². The molecule has 4 nitrogen and oxygen atoms in total. The summed E-state index contributed by atoms with van der Waals surface area (Å²) in [5.41, 5.74) is 1.20. The third-order valence-corrected chi connectivity index (χ3v) is 4.40. The van der Waals surface area contributed by atoms with Crippen molar-refractivity contribution in [3.8, 4) is 0 Å². The lowest BCUT2D eigenvalue weighted by Gasteiger charge is -2.35. The van der Waals surface area contributed by atoms with E-state index in [0.717, 1.165) is 25.0 Å². The zero-order valence-electron chi connectivity index (χ0n) is 11.3. The quantitative estimate of drug-likeness (QED) is 0.868. The molecule has 0 saturated carbocycles. The van der Waals surface area contributed by atoms with Gasteiger partial charge in [-0.1, -0.05) is 0 Å². The number of fused-ring (bicyclic) bond motifs is 1. The van der Waals surface area contributed by atoms with Crippen molar-refractivity contribution in [3.63, 3.8) is 0 Å². The van der Waals surface area contributed by atoms with Crippen LogP contribution in [0.25, 0.3) is 0 Å². The number of aryl methyl sites for hydroxylation is 1. The zero-order chi connectivity index (χ0) is 12.4. The van der Waals surface area contributed by atoms with Gasteiger partial charge in [-0.05, 0) is 44.8 Å². The van der Waals surface area contributed by atoms with E-state index in [-0.39, 0.29) is 0 Å². The standard InChI is InChI=1S/C14H24N4/c1-17-9-5-12(16-17)4-7-15-13-6-10-18-8-2-3-14(18)11-13/h5,9,13-15H,2-4,6-8,10-11H2,1H3. The lowest BCUT2D eigenvalue weighted by atomic mass is 9.97. The van der Waals surface area contributed by atoms with Crippen molar-refractivity contribution in [2.24, 2.45) is 7.05 Å². The Hall–Kier alpha value is -0.870. The molecule has 0 aliphatic carbocycles. The summed E-state index contributed by atoms with van der Waals surface area (Å²) in [6, 6.07) is 3.71. The van der Waals surface area contributed by atoms with Crippen molar-refractivity contribution in [2.45, 2.75) is 44.2 Å². The molecule has 0 spiro atoms. The zero-order valence-corrected chi connectivity index (χ0v) is 11.3. The highest BCUT2D eigenvalue weighted by atomic mass is 15.2. The summed E-state index contributed by atoms with van der Waals surface area (Å²) in [6.45, 7) is 3.70. The second-order valence-electron chi connectivity index (χ2n) is 5.74.